The first kappa shape index (κ1) is 19.4. The van der Waals surface area contributed by atoms with Gasteiger partial charge in [0, 0.05) is 31.1 Å². The summed E-state index contributed by atoms with van der Waals surface area (Å²) in [6, 6.07) is 13.9. The fraction of sp³-hybridized carbons (Fsp3) is 0.478. The van der Waals surface area contributed by atoms with Crippen LogP contribution in [0.5, 0.6) is 0 Å². The van der Waals surface area contributed by atoms with Gasteiger partial charge in [-0.2, -0.15) is 0 Å². The molecule has 2 aromatic carbocycles. The largest absolute Gasteiger partial charge is 0.356 e. The number of fused-ring (bicyclic) bond motifs is 1. The van der Waals surface area contributed by atoms with Gasteiger partial charge in [0.05, 0.1) is 0 Å². The number of nitrogens with zero attached hydrogens (tertiary/aromatic N) is 1. The summed E-state index contributed by atoms with van der Waals surface area (Å²) in [7, 11) is 0. The van der Waals surface area contributed by atoms with Gasteiger partial charge in [-0.05, 0) is 36.1 Å². The van der Waals surface area contributed by atoms with E-state index in [1.165, 1.54) is 19.3 Å². The Labute approximate surface area is 161 Å². The summed E-state index contributed by atoms with van der Waals surface area (Å²) in [4.78, 5) is 27.2. The minimum atomic E-state index is 0.0349. The van der Waals surface area contributed by atoms with Crippen LogP contribution < -0.4 is 5.32 Å². The number of unbranched alkanes of at least 4 members (excludes halogenated alkanes) is 3. The number of rotatable bonds is 7. The van der Waals surface area contributed by atoms with Gasteiger partial charge in [-0.25, -0.2) is 0 Å². The molecule has 3 rings (SSSR count). The predicted molar refractivity (Wildman–Crippen MR) is 110 cm³/mol. The highest BCUT2D eigenvalue weighted by molar-refractivity contribution is 6.07. The van der Waals surface area contributed by atoms with Crippen LogP contribution in [0.15, 0.2) is 42.5 Å². The Morgan fingerprint density at radius 2 is 1.74 bits per heavy atom. The van der Waals surface area contributed by atoms with Crippen molar-refractivity contribution in [3.8, 4) is 0 Å². The Kier molecular flexibility index (Phi) is 6.86. The van der Waals surface area contributed by atoms with E-state index in [1.807, 2.05) is 47.4 Å². The number of carbonyl (C=O) groups is 2. The third kappa shape index (κ3) is 4.88. The van der Waals surface area contributed by atoms with Gasteiger partial charge in [0.2, 0.25) is 5.91 Å². The number of nitrogens with one attached hydrogen (secondary N) is 1. The molecule has 0 spiro atoms. The van der Waals surface area contributed by atoms with E-state index in [9.17, 15) is 9.59 Å². The number of likely N-dealkylation sites (tertiary alicyclic amines) is 1. The Bertz CT molecular complexity index is 774. The van der Waals surface area contributed by atoms with Crippen molar-refractivity contribution in [3.63, 3.8) is 0 Å². The van der Waals surface area contributed by atoms with Crippen LogP contribution in [0.25, 0.3) is 10.8 Å². The summed E-state index contributed by atoms with van der Waals surface area (Å²) in [5.41, 5.74) is 0.756. The summed E-state index contributed by atoms with van der Waals surface area (Å²) in [6.07, 6.45) is 6.16. The van der Waals surface area contributed by atoms with Crippen molar-refractivity contribution in [2.75, 3.05) is 19.6 Å². The molecule has 1 aliphatic heterocycles. The molecule has 0 aliphatic carbocycles. The van der Waals surface area contributed by atoms with Gasteiger partial charge >= 0.3 is 0 Å². The van der Waals surface area contributed by atoms with E-state index < -0.39 is 0 Å². The van der Waals surface area contributed by atoms with E-state index in [0.29, 0.717) is 13.1 Å². The van der Waals surface area contributed by atoms with Gasteiger partial charge in [-0.3, -0.25) is 9.59 Å². The number of amides is 2. The molecule has 4 nitrogen and oxygen atoms in total. The van der Waals surface area contributed by atoms with Crippen LogP contribution >= 0.6 is 0 Å². The first-order chi connectivity index (χ1) is 13.2. The van der Waals surface area contributed by atoms with E-state index in [2.05, 4.69) is 12.2 Å². The second kappa shape index (κ2) is 9.54. The topological polar surface area (TPSA) is 49.4 Å². The lowest BCUT2D eigenvalue weighted by molar-refractivity contribution is -0.126. The number of hydrogen-bond acceptors (Lipinski definition) is 2. The maximum atomic E-state index is 13.0. The molecule has 0 bridgehead atoms. The zero-order valence-corrected chi connectivity index (χ0v) is 16.2. The average Bonchev–Trinajstić information content (AvgIpc) is 2.72. The predicted octanol–water partition coefficient (Wildman–Crippen LogP) is 4.39. The van der Waals surface area contributed by atoms with Gasteiger partial charge in [-0.1, -0.05) is 62.6 Å². The summed E-state index contributed by atoms with van der Waals surface area (Å²) >= 11 is 0. The quantitative estimate of drug-likeness (QED) is 0.739. The highest BCUT2D eigenvalue weighted by atomic mass is 16.2. The van der Waals surface area contributed by atoms with Crippen LogP contribution in [0, 0.1) is 5.92 Å². The monoisotopic (exact) mass is 366 g/mol. The van der Waals surface area contributed by atoms with Crippen LogP contribution in [-0.2, 0) is 4.79 Å². The van der Waals surface area contributed by atoms with E-state index in [0.717, 1.165) is 42.1 Å². The molecule has 144 valence electrons. The molecule has 1 saturated heterocycles. The molecule has 1 aliphatic rings. The van der Waals surface area contributed by atoms with Crippen molar-refractivity contribution in [1.82, 2.24) is 10.2 Å². The second-order valence-electron chi connectivity index (χ2n) is 7.44. The zero-order chi connectivity index (χ0) is 19.1. The molecule has 0 saturated carbocycles. The second-order valence-corrected chi connectivity index (χ2v) is 7.44. The van der Waals surface area contributed by atoms with Crippen molar-refractivity contribution in [1.29, 1.82) is 0 Å². The van der Waals surface area contributed by atoms with Crippen molar-refractivity contribution >= 4 is 22.6 Å². The molecule has 4 heteroatoms. The maximum Gasteiger partial charge on any atom is 0.254 e. The van der Waals surface area contributed by atoms with E-state index in [1.54, 1.807) is 0 Å². The lowest BCUT2D eigenvalue weighted by Crippen LogP contribution is -2.43. The van der Waals surface area contributed by atoms with Crippen molar-refractivity contribution in [2.45, 2.75) is 45.4 Å². The third-order valence-electron chi connectivity index (χ3n) is 5.50. The van der Waals surface area contributed by atoms with Gasteiger partial charge in [0.25, 0.3) is 5.91 Å². The smallest absolute Gasteiger partial charge is 0.254 e. The van der Waals surface area contributed by atoms with Crippen molar-refractivity contribution < 1.29 is 9.59 Å². The number of hydrogen-bond donors (Lipinski definition) is 1. The molecule has 2 aromatic rings. The van der Waals surface area contributed by atoms with Gasteiger partial charge in [0.15, 0.2) is 0 Å². The number of carbonyl (C=O) groups excluding carboxylic acids is 2. The minimum absolute atomic E-state index is 0.0349. The first-order valence-corrected chi connectivity index (χ1v) is 10.3. The van der Waals surface area contributed by atoms with Crippen LogP contribution in [0.2, 0.25) is 0 Å². The Balaban J connectivity index is 1.53. The SMILES string of the molecule is CCCCCCNC(=O)C1CCN(C(=O)c2cccc3ccccc23)CC1. The number of benzene rings is 2. The molecular weight excluding hydrogens is 336 g/mol. The summed E-state index contributed by atoms with van der Waals surface area (Å²) in [5.74, 6) is 0.265. The van der Waals surface area contributed by atoms with Gasteiger partial charge in [-0.15, -0.1) is 0 Å². The Hall–Kier alpha value is -2.36. The molecule has 0 atom stereocenters. The molecule has 1 heterocycles. The zero-order valence-electron chi connectivity index (χ0n) is 16.2. The fourth-order valence-corrected chi connectivity index (χ4v) is 3.83. The van der Waals surface area contributed by atoms with E-state index >= 15 is 0 Å². The normalized spacial score (nSPS) is 15.1. The van der Waals surface area contributed by atoms with Crippen LogP contribution in [-0.4, -0.2) is 36.3 Å². The molecule has 0 unspecified atom stereocenters. The third-order valence-corrected chi connectivity index (χ3v) is 5.50. The highest BCUT2D eigenvalue weighted by Crippen LogP contribution is 2.23. The van der Waals surface area contributed by atoms with Gasteiger partial charge < -0.3 is 10.2 Å². The summed E-state index contributed by atoms with van der Waals surface area (Å²) < 4.78 is 0. The molecule has 27 heavy (non-hydrogen) atoms. The molecule has 2 amide bonds. The highest BCUT2D eigenvalue weighted by Gasteiger charge is 2.28. The van der Waals surface area contributed by atoms with E-state index in [4.69, 9.17) is 0 Å². The minimum Gasteiger partial charge on any atom is -0.356 e. The maximum absolute atomic E-state index is 13.0. The first-order valence-electron chi connectivity index (χ1n) is 10.3. The van der Waals surface area contributed by atoms with Crippen molar-refractivity contribution in [2.24, 2.45) is 5.92 Å². The van der Waals surface area contributed by atoms with Crippen molar-refractivity contribution in [3.05, 3.63) is 48.0 Å². The summed E-state index contributed by atoms with van der Waals surface area (Å²) in [6.45, 7) is 4.26. The van der Waals surface area contributed by atoms with Gasteiger partial charge in [0.1, 0.15) is 0 Å². The summed E-state index contributed by atoms with van der Waals surface area (Å²) in [5, 5.41) is 5.15. The Morgan fingerprint density at radius 3 is 2.52 bits per heavy atom. The lowest BCUT2D eigenvalue weighted by Gasteiger charge is -2.31. The lowest BCUT2D eigenvalue weighted by atomic mass is 9.94. The molecule has 1 fully saturated rings. The molecular formula is C23H30N2O2. The molecule has 0 radical (unpaired) electrons. The molecule has 0 aromatic heterocycles. The van der Waals surface area contributed by atoms with Crippen LogP contribution in [0.1, 0.15) is 55.8 Å². The van der Waals surface area contributed by atoms with Crippen LogP contribution in [0.3, 0.4) is 0 Å². The fourth-order valence-electron chi connectivity index (χ4n) is 3.83. The number of piperidine rings is 1. The Morgan fingerprint density at radius 1 is 1.00 bits per heavy atom. The van der Waals surface area contributed by atoms with Crippen LogP contribution in [0.4, 0.5) is 0 Å². The molecule has 1 N–H and O–H groups in total. The van der Waals surface area contributed by atoms with E-state index in [-0.39, 0.29) is 17.7 Å². The average molecular weight is 367 g/mol. The standard InChI is InChI=1S/C23H30N2O2/c1-2-3-4-7-15-24-22(26)19-13-16-25(17-14-19)23(27)21-12-8-10-18-9-5-6-11-20(18)21/h5-6,8-12,19H,2-4,7,13-17H2,1H3,(H,24,26).